The summed E-state index contributed by atoms with van der Waals surface area (Å²) in [6.45, 7) is 8.89. The van der Waals surface area contributed by atoms with E-state index in [1.807, 2.05) is 45.3 Å². The molecule has 122 valence electrons. The smallest absolute Gasteiger partial charge is 0.0481 e. The zero-order valence-electron chi connectivity index (χ0n) is 14.1. The molecule has 0 fully saturated rings. The summed E-state index contributed by atoms with van der Waals surface area (Å²) in [6, 6.07) is 9.13. The summed E-state index contributed by atoms with van der Waals surface area (Å²) in [7, 11) is 0. The van der Waals surface area contributed by atoms with E-state index in [4.69, 9.17) is 0 Å². The highest BCUT2D eigenvalue weighted by Gasteiger charge is 2.17. The van der Waals surface area contributed by atoms with Crippen molar-refractivity contribution in [2.45, 2.75) is 27.7 Å². The third-order valence-electron chi connectivity index (χ3n) is 4.21. The van der Waals surface area contributed by atoms with Crippen molar-refractivity contribution in [3.63, 3.8) is 0 Å². The van der Waals surface area contributed by atoms with E-state index in [0.29, 0.717) is 0 Å². The Morgan fingerprint density at radius 1 is 0.542 bits per heavy atom. The Labute approximate surface area is 159 Å². The van der Waals surface area contributed by atoms with Crippen LogP contribution in [0, 0.1) is 27.7 Å². The second-order valence-corrected chi connectivity index (χ2v) is 10.0. The van der Waals surface area contributed by atoms with Crippen molar-refractivity contribution in [1.82, 2.24) is 0 Å². The van der Waals surface area contributed by atoms with Crippen molar-refractivity contribution < 1.29 is 0 Å². The molecule has 4 aromatic rings. The minimum absolute atomic E-state index is 1.38. The highest BCUT2D eigenvalue weighted by molar-refractivity contribution is 7.28. The van der Waals surface area contributed by atoms with E-state index in [9.17, 15) is 0 Å². The summed E-state index contributed by atoms with van der Waals surface area (Å²) in [6.07, 6.45) is 0. The van der Waals surface area contributed by atoms with Gasteiger partial charge in [-0.1, -0.05) is 0 Å². The van der Waals surface area contributed by atoms with Gasteiger partial charge in [0.25, 0.3) is 0 Å². The summed E-state index contributed by atoms with van der Waals surface area (Å²) in [5.41, 5.74) is 5.54. The Kier molecular flexibility index (Phi) is 4.25. The van der Waals surface area contributed by atoms with Gasteiger partial charge in [0.05, 0.1) is 0 Å². The molecule has 0 unspecified atom stereocenters. The van der Waals surface area contributed by atoms with Gasteiger partial charge in [-0.2, -0.15) is 0 Å². The second-order valence-electron chi connectivity index (χ2n) is 6.11. The summed E-state index contributed by atoms with van der Waals surface area (Å²) < 4.78 is 0. The molecule has 0 aliphatic heterocycles. The quantitative estimate of drug-likeness (QED) is 0.333. The first-order valence-corrected chi connectivity index (χ1v) is 11.2. The lowest BCUT2D eigenvalue weighted by atomic mass is 10.1. The molecule has 0 N–H and O–H groups in total. The molecule has 24 heavy (non-hydrogen) atoms. The maximum Gasteiger partial charge on any atom is 0.0481 e. The lowest BCUT2D eigenvalue weighted by Crippen LogP contribution is -1.72. The van der Waals surface area contributed by atoms with Gasteiger partial charge in [0.2, 0.25) is 0 Å². The molecule has 0 amide bonds. The van der Waals surface area contributed by atoms with E-state index in [1.54, 1.807) is 0 Å². The van der Waals surface area contributed by atoms with E-state index in [0.717, 1.165) is 0 Å². The van der Waals surface area contributed by atoms with Gasteiger partial charge in [0.1, 0.15) is 0 Å². The van der Waals surface area contributed by atoms with Crippen LogP contribution in [0.3, 0.4) is 0 Å². The van der Waals surface area contributed by atoms with Crippen LogP contribution in [0.4, 0.5) is 0 Å². The van der Waals surface area contributed by atoms with Crippen LogP contribution < -0.4 is 0 Å². The molecule has 0 aliphatic rings. The molecule has 0 nitrogen and oxygen atoms in total. The number of aryl methyl sites for hydroxylation is 4. The van der Waals surface area contributed by atoms with Gasteiger partial charge in [-0.3, -0.25) is 0 Å². The fourth-order valence-corrected chi connectivity index (χ4v) is 7.72. The average molecular weight is 387 g/mol. The molecule has 0 saturated carbocycles. The van der Waals surface area contributed by atoms with Crippen LogP contribution in [0.25, 0.3) is 29.3 Å². The molecule has 0 spiro atoms. The van der Waals surface area contributed by atoms with Crippen LogP contribution in [-0.2, 0) is 0 Å². The Balaban J connectivity index is 1.80. The van der Waals surface area contributed by atoms with E-state index in [2.05, 4.69) is 62.7 Å². The van der Waals surface area contributed by atoms with Gasteiger partial charge in [-0.15, -0.1) is 45.3 Å². The predicted octanol–water partition coefficient (Wildman–Crippen LogP) is 8.17. The summed E-state index contributed by atoms with van der Waals surface area (Å²) in [5, 5.41) is 4.38. The zero-order valence-corrected chi connectivity index (χ0v) is 17.4. The van der Waals surface area contributed by atoms with E-state index in [1.165, 1.54) is 51.5 Å². The highest BCUT2D eigenvalue weighted by Crippen LogP contribution is 2.47. The number of thiophene rings is 4. The Morgan fingerprint density at radius 2 is 0.958 bits per heavy atom. The van der Waals surface area contributed by atoms with Crippen LogP contribution >= 0.6 is 45.3 Å². The Morgan fingerprint density at radius 3 is 1.29 bits per heavy atom. The van der Waals surface area contributed by atoms with Crippen molar-refractivity contribution >= 4 is 45.3 Å². The molecular weight excluding hydrogens is 368 g/mol. The topological polar surface area (TPSA) is 0 Å². The van der Waals surface area contributed by atoms with E-state index < -0.39 is 0 Å². The second kappa shape index (κ2) is 6.26. The fourth-order valence-electron chi connectivity index (χ4n) is 2.89. The van der Waals surface area contributed by atoms with Gasteiger partial charge < -0.3 is 0 Å². The molecule has 4 aromatic heterocycles. The molecule has 0 bridgehead atoms. The molecular formula is C20H18S4. The van der Waals surface area contributed by atoms with Crippen LogP contribution in [0.5, 0.6) is 0 Å². The van der Waals surface area contributed by atoms with Gasteiger partial charge >= 0.3 is 0 Å². The number of hydrogen-bond acceptors (Lipinski definition) is 4. The third-order valence-corrected chi connectivity index (χ3v) is 9.24. The molecule has 4 heterocycles. The van der Waals surface area contributed by atoms with E-state index >= 15 is 0 Å². The molecule has 4 heteroatoms. The lowest BCUT2D eigenvalue weighted by molar-refractivity contribution is 1.50. The summed E-state index contributed by atoms with van der Waals surface area (Å²) in [5.74, 6) is 0. The van der Waals surface area contributed by atoms with Crippen LogP contribution in [0.15, 0.2) is 35.0 Å². The van der Waals surface area contributed by atoms with Crippen molar-refractivity contribution in [3.8, 4) is 29.3 Å². The van der Waals surface area contributed by atoms with Crippen molar-refractivity contribution in [3.05, 3.63) is 57.3 Å². The standard InChI is InChI=1S/C20H18S4/c1-11-5-7-21-17(11)15-9-13(3)19(23-15)20-14(4)10-16(24-20)18-12(2)6-8-22-18/h5-10H,1-4H3. The number of hydrogen-bond donors (Lipinski definition) is 0. The molecule has 0 radical (unpaired) electrons. The van der Waals surface area contributed by atoms with Gasteiger partial charge in [-0.25, -0.2) is 0 Å². The van der Waals surface area contributed by atoms with Crippen molar-refractivity contribution in [2.24, 2.45) is 0 Å². The largest absolute Gasteiger partial charge is 0.143 e. The van der Waals surface area contributed by atoms with Crippen LogP contribution in [0.1, 0.15) is 22.3 Å². The summed E-state index contributed by atoms with van der Waals surface area (Å²) in [4.78, 5) is 8.49. The third kappa shape index (κ3) is 2.72. The fraction of sp³-hybridized carbons (Fsp3) is 0.200. The SMILES string of the molecule is Cc1ccsc1-c1cc(C)c(-c2sc(-c3sccc3C)cc2C)s1. The molecule has 0 aliphatic carbocycles. The maximum atomic E-state index is 2.36. The Hall–Kier alpha value is -1.20. The maximum absolute atomic E-state index is 2.36. The molecule has 0 atom stereocenters. The zero-order chi connectivity index (χ0) is 16.8. The Bertz CT molecular complexity index is 924. The first kappa shape index (κ1) is 16.3. The first-order chi connectivity index (χ1) is 11.5. The summed E-state index contributed by atoms with van der Waals surface area (Å²) >= 11 is 7.56. The van der Waals surface area contributed by atoms with Gasteiger partial charge in [-0.05, 0) is 85.0 Å². The minimum Gasteiger partial charge on any atom is -0.143 e. The van der Waals surface area contributed by atoms with Crippen LogP contribution in [0.2, 0.25) is 0 Å². The van der Waals surface area contributed by atoms with Gasteiger partial charge in [0, 0.05) is 29.3 Å². The monoisotopic (exact) mass is 386 g/mol. The predicted molar refractivity (Wildman–Crippen MR) is 113 cm³/mol. The van der Waals surface area contributed by atoms with E-state index in [-0.39, 0.29) is 0 Å². The van der Waals surface area contributed by atoms with Gasteiger partial charge in [0.15, 0.2) is 0 Å². The minimum atomic E-state index is 1.38. The number of rotatable bonds is 3. The van der Waals surface area contributed by atoms with Crippen LogP contribution in [-0.4, -0.2) is 0 Å². The molecule has 0 saturated heterocycles. The normalized spacial score (nSPS) is 11.3. The molecule has 4 rings (SSSR count). The molecule has 0 aromatic carbocycles. The highest BCUT2D eigenvalue weighted by atomic mass is 32.1. The van der Waals surface area contributed by atoms with Crippen molar-refractivity contribution in [2.75, 3.05) is 0 Å². The first-order valence-electron chi connectivity index (χ1n) is 7.84. The lowest BCUT2D eigenvalue weighted by Gasteiger charge is -1.97. The van der Waals surface area contributed by atoms with Crippen molar-refractivity contribution in [1.29, 1.82) is 0 Å². The average Bonchev–Trinajstić information content (AvgIpc) is 3.28.